The maximum Gasteiger partial charge on any atom is 0.0448 e. The molecule has 0 N–H and O–H groups in total. The summed E-state index contributed by atoms with van der Waals surface area (Å²) in [6.07, 6.45) is 1.71. The van der Waals surface area contributed by atoms with Crippen LogP contribution in [0.4, 0.5) is 0 Å². The molecule has 2 rings (SSSR count). The fourth-order valence-corrected chi connectivity index (χ4v) is 7.82. The fraction of sp³-hybridized carbons (Fsp3) is 0.529. The van der Waals surface area contributed by atoms with Crippen LogP contribution in [-0.2, 0) is 32.0 Å². The van der Waals surface area contributed by atoms with E-state index in [1.807, 2.05) is 60.7 Å². The van der Waals surface area contributed by atoms with Crippen molar-refractivity contribution in [1.82, 2.24) is 0 Å². The Labute approximate surface area is 267 Å². The molecule has 0 heterocycles. The zero-order chi connectivity index (χ0) is 32.6. The molecule has 0 aromatic heterocycles. The van der Waals surface area contributed by atoms with Crippen LogP contribution < -0.4 is 20.4 Å². The van der Waals surface area contributed by atoms with Crippen molar-refractivity contribution >= 4 is 45.0 Å². The molecule has 43 heavy (non-hydrogen) atoms. The largest absolute Gasteiger partial charge is 0.550 e. The van der Waals surface area contributed by atoms with E-state index in [1.165, 1.54) is 0 Å². The first-order chi connectivity index (χ1) is 20.3. The molecule has 2 atom stereocenters. The molecule has 9 heteroatoms. The van der Waals surface area contributed by atoms with Crippen molar-refractivity contribution < 1.29 is 39.6 Å². The van der Waals surface area contributed by atoms with Crippen LogP contribution in [0.2, 0.25) is 8.87 Å². The zero-order valence-electron chi connectivity index (χ0n) is 25.9. The maximum absolute atomic E-state index is 10.9. The molecule has 8 nitrogen and oxygen atoms in total. The molecule has 0 aliphatic rings. The summed E-state index contributed by atoms with van der Waals surface area (Å²) in [6, 6.07) is 18.4. The van der Waals surface area contributed by atoms with Crippen LogP contribution in [0, 0.1) is 23.7 Å². The predicted molar refractivity (Wildman–Crippen MR) is 160 cm³/mol. The summed E-state index contributed by atoms with van der Waals surface area (Å²) in [5.74, 6) is -3.91. The van der Waals surface area contributed by atoms with Gasteiger partial charge in [-0.3, -0.25) is 0 Å². The van der Waals surface area contributed by atoms with Gasteiger partial charge in [-0.1, -0.05) is 60.7 Å². The van der Waals surface area contributed by atoms with E-state index in [0.29, 0.717) is 38.5 Å². The van der Waals surface area contributed by atoms with Gasteiger partial charge in [0, 0.05) is 35.7 Å². The molecule has 6 radical (unpaired) electrons. The SMILES string of the molecule is CC(C)[CH2][Sn+4][CH2]C(C)C.O=C([O-])CCCC(Cc1ccccc1)C(=O)[O-].O=C([O-])CCCC(Cc1ccccc1)C(=O)[O-]. The van der Waals surface area contributed by atoms with Crippen LogP contribution in [0.1, 0.15) is 77.3 Å². The van der Waals surface area contributed by atoms with E-state index in [1.54, 1.807) is 8.87 Å². The Bertz CT molecular complexity index is 957. The first kappa shape index (κ1) is 40.1. The third kappa shape index (κ3) is 24.3. The average molecular weight is 701 g/mol. The van der Waals surface area contributed by atoms with Gasteiger partial charge in [0.1, 0.15) is 0 Å². The summed E-state index contributed by atoms with van der Waals surface area (Å²) in [7, 11) is 0. The Morgan fingerprint density at radius 2 is 0.907 bits per heavy atom. The van der Waals surface area contributed by atoms with Gasteiger partial charge in [-0.15, -0.1) is 0 Å². The van der Waals surface area contributed by atoms with Gasteiger partial charge in [-0.25, -0.2) is 0 Å². The Kier molecular flexibility index (Phi) is 22.9. The average Bonchev–Trinajstić information content (AvgIpc) is 2.93. The minimum absolute atomic E-state index is 0.0709. The number of carboxylic acids is 4. The molecule has 2 aromatic rings. The molecule has 0 fully saturated rings. The van der Waals surface area contributed by atoms with Crippen molar-refractivity contribution in [2.75, 3.05) is 0 Å². The number of carboxylic acid groups (broad SMARTS) is 4. The quantitative estimate of drug-likeness (QED) is 0.213. The molecule has 0 saturated carbocycles. The Morgan fingerprint density at radius 3 is 1.16 bits per heavy atom. The topological polar surface area (TPSA) is 161 Å². The van der Waals surface area contributed by atoms with E-state index in [9.17, 15) is 39.6 Å². The molecule has 0 saturated heterocycles. The molecule has 0 spiro atoms. The third-order valence-corrected chi connectivity index (χ3v) is 12.6. The summed E-state index contributed by atoms with van der Waals surface area (Å²) >= 11 is 0.0709. The van der Waals surface area contributed by atoms with Gasteiger partial charge in [0.2, 0.25) is 0 Å². The molecule has 0 bridgehead atoms. The first-order valence-corrected chi connectivity index (χ1v) is 18.9. The van der Waals surface area contributed by atoms with E-state index in [4.69, 9.17) is 0 Å². The van der Waals surface area contributed by atoms with Gasteiger partial charge in [0.05, 0.1) is 0 Å². The first-order valence-electron chi connectivity index (χ1n) is 14.9. The molecular weight excluding hydrogens is 655 g/mol. The van der Waals surface area contributed by atoms with Crippen molar-refractivity contribution in [3.63, 3.8) is 0 Å². The summed E-state index contributed by atoms with van der Waals surface area (Å²) < 4.78 is 3.14. The van der Waals surface area contributed by atoms with Crippen LogP contribution in [0.15, 0.2) is 60.7 Å². The molecule has 0 aliphatic heterocycles. The number of aliphatic carboxylic acids is 4. The number of hydrogen-bond acceptors (Lipinski definition) is 8. The van der Waals surface area contributed by atoms with Crippen molar-refractivity contribution in [2.24, 2.45) is 23.7 Å². The third-order valence-electron chi connectivity index (χ3n) is 6.29. The van der Waals surface area contributed by atoms with Gasteiger partial charge in [0.25, 0.3) is 0 Å². The van der Waals surface area contributed by atoms with E-state index in [-0.39, 0.29) is 34.0 Å². The van der Waals surface area contributed by atoms with Crippen LogP contribution in [0.3, 0.4) is 0 Å². The molecular formula is C34H46O8Sn. The summed E-state index contributed by atoms with van der Waals surface area (Å²) in [5.41, 5.74) is 1.82. The van der Waals surface area contributed by atoms with Gasteiger partial charge in [-0.05, 0) is 62.5 Å². The summed E-state index contributed by atoms with van der Waals surface area (Å²) in [4.78, 5) is 42.3. The Morgan fingerprint density at radius 1 is 0.581 bits per heavy atom. The second kappa shape index (κ2) is 24.5. The van der Waals surface area contributed by atoms with Gasteiger partial charge in [-0.2, -0.15) is 0 Å². The molecule has 2 aromatic carbocycles. The number of hydrogen-bond donors (Lipinski definition) is 0. The summed E-state index contributed by atoms with van der Waals surface area (Å²) in [6.45, 7) is 9.34. The normalized spacial score (nSPS) is 11.9. The predicted octanol–water partition coefficient (Wildman–Crippen LogP) is 1.87. The number of carbonyl (C=O) groups is 4. The van der Waals surface area contributed by atoms with Crippen molar-refractivity contribution in [1.29, 1.82) is 0 Å². The number of carbonyl (C=O) groups excluding carboxylic acids is 4. The standard InChI is InChI=1S/2C13H16O4.2C4H9.Sn/c2*14-12(15)8-4-7-11(13(16)17)9-10-5-2-1-3-6-10;2*1-4(2)3;/h2*1-3,5-6,11H,4,7-9H2,(H,14,15)(H,16,17);2*4H,1H2,2-3H3;/q;;;;+4/p-4. The second-order valence-corrected chi connectivity index (χ2v) is 15.1. The van der Waals surface area contributed by atoms with Crippen molar-refractivity contribution in [2.45, 2.75) is 87.9 Å². The second-order valence-electron chi connectivity index (χ2n) is 11.4. The van der Waals surface area contributed by atoms with E-state index >= 15 is 0 Å². The van der Waals surface area contributed by atoms with Gasteiger partial charge < -0.3 is 39.6 Å². The van der Waals surface area contributed by atoms with Gasteiger partial charge in [0.15, 0.2) is 0 Å². The Hall–Kier alpha value is -2.88. The van der Waals surface area contributed by atoms with E-state index < -0.39 is 35.7 Å². The van der Waals surface area contributed by atoms with Crippen molar-refractivity contribution in [3.05, 3.63) is 71.8 Å². The molecule has 2 unspecified atom stereocenters. The van der Waals surface area contributed by atoms with Crippen LogP contribution in [0.5, 0.6) is 0 Å². The fourth-order valence-electron chi connectivity index (χ4n) is 4.05. The molecule has 0 amide bonds. The smallest absolute Gasteiger partial charge is 0.0448 e. The summed E-state index contributed by atoms with van der Waals surface area (Å²) in [5, 5.41) is 42.3. The van der Waals surface area contributed by atoms with E-state index in [2.05, 4.69) is 27.7 Å². The van der Waals surface area contributed by atoms with Crippen LogP contribution in [-0.4, -0.2) is 45.0 Å². The van der Waals surface area contributed by atoms with Crippen LogP contribution in [0.25, 0.3) is 0 Å². The zero-order valence-corrected chi connectivity index (χ0v) is 28.8. The number of benzene rings is 2. The molecule has 0 aliphatic carbocycles. The van der Waals surface area contributed by atoms with E-state index in [0.717, 1.165) is 23.0 Å². The number of rotatable bonds is 18. The van der Waals surface area contributed by atoms with Gasteiger partial charge >= 0.3 is 69.5 Å². The maximum atomic E-state index is 10.9. The minimum atomic E-state index is -1.15. The minimum Gasteiger partial charge on any atom is -0.550 e. The molecule has 234 valence electrons. The van der Waals surface area contributed by atoms with Crippen LogP contribution >= 0.6 is 0 Å². The van der Waals surface area contributed by atoms with Crippen molar-refractivity contribution in [3.8, 4) is 0 Å². The Balaban J connectivity index is 0.000000648. The monoisotopic (exact) mass is 702 g/mol.